The Balaban J connectivity index is 1.75. The first kappa shape index (κ1) is 21.4. The summed E-state index contributed by atoms with van der Waals surface area (Å²) in [5.74, 6) is -0.314. The number of carbonyl (C=O) groups excluding carboxylic acids is 2. The van der Waals surface area contributed by atoms with Gasteiger partial charge in [0.05, 0.1) is 27.5 Å². The molecule has 0 saturated carbocycles. The number of rotatable bonds is 4. The molecule has 0 radical (unpaired) electrons. The molecule has 160 valence electrons. The van der Waals surface area contributed by atoms with Crippen molar-refractivity contribution in [2.75, 3.05) is 18.4 Å². The van der Waals surface area contributed by atoms with Crippen molar-refractivity contribution in [1.82, 2.24) is 14.7 Å². The minimum Gasteiger partial charge on any atom is -0.338 e. The number of carbonyl (C=O) groups is 2. The average Bonchev–Trinajstić information content (AvgIpc) is 2.98. The Bertz CT molecular complexity index is 1100. The minimum absolute atomic E-state index is 0.158. The molecule has 3 aromatic rings. The average molecular weight is 457 g/mol. The van der Waals surface area contributed by atoms with Gasteiger partial charge < -0.3 is 10.2 Å². The second-order valence-corrected chi connectivity index (χ2v) is 8.22. The van der Waals surface area contributed by atoms with Gasteiger partial charge in [0, 0.05) is 13.1 Å². The smallest absolute Gasteiger partial charge is 0.259 e. The van der Waals surface area contributed by atoms with Crippen molar-refractivity contribution < 1.29 is 9.59 Å². The first-order valence-electron chi connectivity index (χ1n) is 10.2. The number of para-hydroxylation sites is 1. The number of hydrogen-bond acceptors (Lipinski definition) is 3. The van der Waals surface area contributed by atoms with E-state index in [9.17, 15) is 9.59 Å². The summed E-state index contributed by atoms with van der Waals surface area (Å²) in [4.78, 5) is 28.2. The fourth-order valence-electron chi connectivity index (χ4n) is 3.70. The number of nitrogens with one attached hydrogen (secondary N) is 1. The van der Waals surface area contributed by atoms with Crippen LogP contribution in [0.5, 0.6) is 0 Å². The van der Waals surface area contributed by atoms with E-state index < -0.39 is 5.91 Å². The highest BCUT2D eigenvalue weighted by atomic mass is 35.5. The zero-order valence-electron chi connectivity index (χ0n) is 16.9. The highest BCUT2D eigenvalue weighted by molar-refractivity contribution is 6.34. The van der Waals surface area contributed by atoms with Crippen LogP contribution in [-0.4, -0.2) is 39.6 Å². The molecule has 0 bridgehead atoms. The number of nitrogens with zero attached hydrogens (tertiary/aromatic N) is 3. The quantitative estimate of drug-likeness (QED) is 0.567. The van der Waals surface area contributed by atoms with Gasteiger partial charge >= 0.3 is 0 Å². The van der Waals surface area contributed by atoms with Gasteiger partial charge in [-0.3, -0.25) is 9.59 Å². The molecule has 4 rings (SSSR count). The number of aromatic nitrogens is 2. The Morgan fingerprint density at radius 3 is 2.16 bits per heavy atom. The maximum Gasteiger partial charge on any atom is 0.259 e. The Labute approximate surface area is 190 Å². The standard InChI is InChI=1S/C23H22Cl2N4O2/c24-18-10-4-3-9-16(18)22(30)27-21-17(23(31)28-13-7-1-2-8-14-28)15-26-29(21)20-12-6-5-11-19(20)25/h3-6,9-12,15H,1-2,7-8,13-14H2,(H,27,30). The van der Waals surface area contributed by atoms with Gasteiger partial charge in [-0.25, -0.2) is 4.68 Å². The third-order valence-electron chi connectivity index (χ3n) is 5.32. The summed E-state index contributed by atoms with van der Waals surface area (Å²) in [5, 5.41) is 8.02. The topological polar surface area (TPSA) is 67.2 Å². The van der Waals surface area contributed by atoms with E-state index in [-0.39, 0.29) is 11.7 Å². The minimum atomic E-state index is -0.427. The Morgan fingerprint density at radius 2 is 1.48 bits per heavy atom. The summed E-state index contributed by atoms with van der Waals surface area (Å²) >= 11 is 12.6. The van der Waals surface area contributed by atoms with E-state index in [1.807, 2.05) is 11.0 Å². The van der Waals surface area contributed by atoms with Gasteiger partial charge in [-0.1, -0.05) is 60.3 Å². The van der Waals surface area contributed by atoms with Crippen LogP contribution in [-0.2, 0) is 0 Å². The van der Waals surface area contributed by atoms with Crippen LogP contribution >= 0.6 is 23.2 Å². The van der Waals surface area contributed by atoms with Crippen molar-refractivity contribution in [2.45, 2.75) is 25.7 Å². The highest BCUT2D eigenvalue weighted by Crippen LogP contribution is 2.28. The first-order valence-corrected chi connectivity index (χ1v) is 11.0. The molecule has 31 heavy (non-hydrogen) atoms. The number of hydrogen-bond donors (Lipinski definition) is 1. The van der Waals surface area contributed by atoms with Crippen LogP contribution < -0.4 is 5.32 Å². The third-order valence-corrected chi connectivity index (χ3v) is 5.97. The second-order valence-electron chi connectivity index (χ2n) is 7.41. The highest BCUT2D eigenvalue weighted by Gasteiger charge is 2.26. The monoisotopic (exact) mass is 456 g/mol. The lowest BCUT2D eigenvalue weighted by molar-refractivity contribution is 0.0762. The van der Waals surface area contributed by atoms with Gasteiger partial charge in [0.25, 0.3) is 11.8 Å². The molecule has 2 amide bonds. The molecular weight excluding hydrogens is 435 g/mol. The molecule has 6 nitrogen and oxygen atoms in total. The van der Waals surface area contributed by atoms with E-state index in [0.717, 1.165) is 25.7 Å². The van der Waals surface area contributed by atoms with Crippen LogP contribution in [0.3, 0.4) is 0 Å². The van der Waals surface area contributed by atoms with E-state index in [4.69, 9.17) is 23.2 Å². The van der Waals surface area contributed by atoms with Crippen LogP contribution in [0.1, 0.15) is 46.4 Å². The fraction of sp³-hybridized carbons (Fsp3) is 0.261. The molecule has 0 unspecified atom stereocenters. The fourth-order valence-corrected chi connectivity index (χ4v) is 4.13. The van der Waals surface area contributed by atoms with Gasteiger partial charge in [0.1, 0.15) is 11.4 Å². The van der Waals surface area contributed by atoms with Crippen LogP contribution in [0.2, 0.25) is 10.0 Å². The van der Waals surface area contributed by atoms with E-state index in [1.54, 1.807) is 42.5 Å². The molecular formula is C23H22Cl2N4O2. The van der Waals surface area contributed by atoms with Crippen molar-refractivity contribution in [3.8, 4) is 5.69 Å². The number of likely N-dealkylation sites (tertiary alicyclic amines) is 1. The summed E-state index contributed by atoms with van der Waals surface area (Å²) in [6.07, 6.45) is 5.63. The molecule has 1 saturated heterocycles. The molecule has 2 aromatic carbocycles. The second kappa shape index (κ2) is 9.54. The SMILES string of the molecule is O=C(Nc1c(C(=O)N2CCCCCC2)cnn1-c1ccccc1Cl)c1ccccc1Cl. The van der Waals surface area contributed by atoms with Gasteiger partial charge in [-0.2, -0.15) is 5.10 Å². The van der Waals surface area contributed by atoms with E-state index in [2.05, 4.69) is 10.4 Å². The lowest BCUT2D eigenvalue weighted by Gasteiger charge is -2.20. The predicted molar refractivity (Wildman–Crippen MR) is 122 cm³/mol. The molecule has 1 aliphatic heterocycles. The maximum atomic E-state index is 13.4. The normalized spacial score (nSPS) is 14.2. The summed E-state index contributed by atoms with van der Waals surface area (Å²) < 4.78 is 1.49. The number of amides is 2. The van der Waals surface area contributed by atoms with E-state index in [1.165, 1.54) is 10.9 Å². The van der Waals surface area contributed by atoms with Gasteiger partial charge in [-0.15, -0.1) is 0 Å². The summed E-state index contributed by atoms with van der Waals surface area (Å²) in [6, 6.07) is 13.9. The summed E-state index contributed by atoms with van der Waals surface area (Å²) in [5.41, 5.74) is 1.19. The van der Waals surface area contributed by atoms with E-state index in [0.29, 0.717) is 39.9 Å². The molecule has 0 spiro atoms. The van der Waals surface area contributed by atoms with Crippen molar-refractivity contribution in [3.05, 3.63) is 75.9 Å². The molecule has 1 aromatic heterocycles. The molecule has 1 N–H and O–H groups in total. The van der Waals surface area contributed by atoms with Gasteiger partial charge in [0.15, 0.2) is 0 Å². The number of anilines is 1. The van der Waals surface area contributed by atoms with Crippen LogP contribution in [0.4, 0.5) is 5.82 Å². The van der Waals surface area contributed by atoms with Gasteiger partial charge in [-0.05, 0) is 37.1 Å². The zero-order valence-corrected chi connectivity index (χ0v) is 18.4. The number of benzene rings is 2. The van der Waals surface area contributed by atoms with Crippen LogP contribution in [0.25, 0.3) is 5.69 Å². The van der Waals surface area contributed by atoms with Crippen molar-refractivity contribution >= 4 is 40.8 Å². The molecule has 2 heterocycles. The third kappa shape index (κ3) is 4.60. The Hall–Kier alpha value is -2.83. The van der Waals surface area contributed by atoms with Gasteiger partial charge in [0.2, 0.25) is 0 Å². The summed E-state index contributed by atoms with van der Waals surface area (Å²) in [6.45, 7) is 1.38. The maximum absolute atomic E-state index is 13.4. The van der Waals surface area contributed by atoms with E-state index >= 15 is 0 Å². The van der Waals surface area contributed by atoms with Crippen molar-refractivity contribution in [3.63, 3.8) is 0 Å². The largest absolute Gasteiger partial charge is 0.338 e. The molecule has 8 heteroatoms. The Kier molecular flexibility index (Phi) is 6.59. The van der Waals surface area contributed by atoms with Crippen molar-refractivity contribution in [1.29, 1.82) is 0 Å². The molecule has 0 atom stereocenters. The van der Waals surface area contributed by atoms with Crippen molar-refractivity contribution in [2.24, 2.45) is 0 Å². The summed E-state index contributed by atoms with van der Waals surface area (Å²) in [7, 11) is 0. The van der Waals surface area contributed by atoms with Crippen LogP contribution in [0.15, 0.2) is 54.7 Å². The van der Waals surface area contributed by atoms with Crippen LogP contribution in [0, 0.1) is 0 Å². The molecule has 1 aliphatic rings. The zero-order chi connectivity index (χ0) is 21.8. The first-order chi connectivity index (χ1) is 15.1. The Morgan fingerprint density at radius 1 is 0.839 bits per heavy atom. The lowest BCUT2D eigenvalue weighted by Crippen LogP contribution is -2.32. The lowest BCUT2D eigenvalue weighted by atomic mass is 10.2. The molecule has 0 aliphatic carbocycles. The molecule has 1 fully saturated rings. The predicted octanol–water partition coefficient (Wildman–Crippen LogP) is 5.45. The number of halogens is 2.